The van der Waals surface area contributed by atoms with E-state index in [4.69, 9.17) is 11.6 Å². The number of halogens is 1. The molecule has 0 aliphatic rings. The summed E-state index contributed by atoms with van der Waals surface area (Å²) in [6.45, 7) is 3.79. The lowest BCUT2D eigenvalue weighted by Gasteiger charge is -2.20. The Hall–Kier alpha value is -1.88. The van der Waals surface area contributed by atoms with E-state index < -0.39 is 5.41 Å². The van der Waals surface area contributed by atoms with Crippen molar-refractivity contribution in [2.75, 3.05) is 5.88 Å². The van der Waals surface area contributed by atoms with Crippen LogP contribution in [0.2, 0.25) is 0 Å². The molecule has 0 aliphatic carbocycles. The zero-order valence-electron chi connectivity index (χ0n) is 11.4. The Balaban J connectivity index is 2.26. The Morgan fingerprint density at radius 2 is 2.00 bits per heavy atom. The molecule has 2 N–H and O–H groups in total. The van der Waals surface area contributed by atoms with Crippen LogP contribution in [0.4, 0.5) is 0 Å². The SMILES string of the molecule is CC(C)(CCl)C(=O)NCc1n[nH]c(=O)c2ccccc12. The molecule has 0 aliphatic heterocycles. The number of fused-ring (bicyclic) bond motifs is 1. The van der Waals surface area contributed by atoms with Gasteiger partial charge in [0, 0.05) is 11.3 Å². The monoisotopic (exact) mass is 293 g/mol. The highest BCUT2D eigenvalue weighted by atomic mass is 35.5. The maximum Gasteiger partial charge on any atom is 0.272 e. The molecule has 20 heavy (non-hydrogen) atoms. The molecule has 0 atom stereocenters. The Kier molecular flexibility index (Phi) is 4.09. The molecule has 0 fully saturated rings. The van der Waals surface area contributed by atoms with Gasteiger partial charge < -0.3 is 5.32 Å². The van der Waals surface area contributed by atoms with E-state index in [0.29, 0.717) is 11.1 Å². The Labute approximate surface area is 121 Å². The third-order valence-corrected chi connectivity index (χ3v) is 3.81. The molecule has 1 aromatic carbocycles. The van der Waals surface area contributed by atoms with Gasteiger partial charge in [-0.15, -0.1) is 11.6 Å². The molecule has 0 radical (unpaired) electrons. The number of rotatable bonds is 4. The van der Waals surface area contributed by atoms with Crippen molar-refractivity contribution in [3.05, 3.63) is 40.3 Å². The van der Waals surface area contributed by atoms with Crippen LogP contribution in [0.25, 0.3) is 10.8 Å². The smallest absolute Gasteiger partial charge is 0.272 e. The molecule has 6 heteroatoms. The van der Waals surface area contributed by atoms with Crippen molar-refractivity contribution in [2.45, 2.75) is 20.4 Å². The third kappa shape index (κ3) is 2.82. The largest absolute Gasteiger partial charge is 0.350 e. The Morgan fingerprint density at radius 3 is 2.65 bits per heavy atom. The number of carbonyl (C=O) groups excluding carboxylic acids is 1. The summed E-state index contributed by atoms with van der Waals surface area (Å²) in [5.74, 6) is 0.0862. The fraction of sp³-hybridized carbons (Fsp3) is 0.357. The molecule has 2 aromatic rings. The van der Waals surface area contributed by atoms with E-state index in [2.05, 4.69) is 15.5 Å². The van der Waals surface area contributed by atoms with E-state index in [1.165, 1.54) is 0 Å². The highest BCUT2D eigenvalue weighted by Gasteiger charge is 2.26. The number of nitrogens with zero attached hydrogens (tertiary/aromatic N) is 1. The summed E-state index contributed by atoms with van der Waals surface area (Å²) < 4.78 is 0. The number of hydrogen-bond acceptors (Lipinski definition) is 3. The van der Waals surface area contributed by atoms with E-state index in [0.717, 1.165) is 5.39 Å². The maximum atomic E-state index is 12.0. The Bertz CT molecular complexity index is 694. The first-order valence-electron chi connectivity index (χ1n) is 6.26. The second-order valence-corrected chi connectivity index (χ2v) is 5.51. The fourth-order valence-corrected chi connectivity index (χ4v) is 1.89. The van der Waals surface area contributed by atoms with Gasteiger partial charge >= 0.3 is 0 Å². The van der Waals surface area contributed by atoms with Crippen LogP contribution in [-0.2, 0) is 11.3 Å². The number of amides is 1. The summed E-state index contributed by atoms with van der Waals surface area (Å²) in [6, 6.07) is 7.16. The predicted molar refractivity (Wildman–Crippen MR) is 78.7 cm³/mol. The minimum Gasteiger partial charge on any atom is -0.350 e. The van der Waals surface area contributed by atoms with Gasteiger partial charge in [0.1, 0.15) is 0 Å². The van der Waals surface area contributed by atoms with E-state index in [1.54, 1.807) is 26.0 Å². The average molecular weight is 294 g/mol. The van der Waals surface area contributed by atoms with Crippen molar-refractivity contribution >= 4 is 28.3 Å². The maximum absolute atomic E-state index is 12.0. The topological polar surface area (TPSA) is 74.8 Å². The van der Waals surface area contributed by atoms with Crippen molar-refractivity contribution in [1.82, 2.24) is 15.5 Å². The highest BCUT2D eigenvalue weighted by Crippen LogP contribution is 2.18. The predicted octanol–water partition coefficient (Wildman–Crippen LogP) is 1.80. The van der Waals surface area contributed by atoms with Crippen molar-refractivity contribution in [3.63, 3.8) is 0 Å². The summed E-state index contributed by atoms with van der Waals surface area (Å²) in [4.78, 5) is 23.6. The number of carbonyl (C=O) groups is 1. The molecular formula is C14H16ClN3O2. The Morgan fingerprint density at radius 1 is 1.35 bits per heavy atom. The molecule has 0 unspecified atom stereocenters. The molecular weight excluding hydrogens is 278 g/mol. The van der Waals surface area contributed by atoms with Gasteiger partial charge in [-0.05, 0) is 19.9 Å². The van der Waals surface area contributed by atoms with Crippen molar-refractivity contribution in [3.8, 4) is 0 Å². The van der Waals surface area contributed by atoms with Crippen LogP contribution in [0.15, 0.2) is 29.1 Å². The van der Waals surface area contributed by atoms with Crippen LogP contribution >= 0.6 is 11.6 Å². The number of alkyl halides is 1. The highest BCUT2D eigenvalue weighted by molar-refractivity contribution is 6.19. The van der Waals surface area contributed by atoms with E-state index in [9.17, 15) is 9.59 Å². The number of H-pyrrole nitrogens is 1. The molecule has 0 saturated carbocycles. The van der Waals surface area contributed by atoms with Crippen LogP contribution in [0.3, 0.4) is 0 Å². The quantitative estimate of drug-likeness (QED) is 0.844. The molecule has 5 nitrogen and oxygen atoms in total. The summed E-state index contributed by atoms with van der Waals surface area (Å²) in [7, 11) is 0. The summed E-state index contributed by atoms with van der Waals surface area (Å²) in [5.41, 5.74) is -0.254. The van der Waals surface area contributed by atoms with Gasteiger partial charge in [-0.2, -0.15) is 5.10 Å². The minimum atomic E-state index is -0.639. The van der Waals surface area contributed by atoms with Crippen LogP contribution in [-0.4, -0.2) is 22.0 Å². The molecule has 2 rings (SSSR count). The standard InChI is InChI=1S/C14H16ClN3O2/c1-14(2,8-15)13(20)16-7-11-9-5-3-4-6-10(9)12(19)18-17-11/h3-6H,7-8H2,1-2H3,(H,16,20)(H,18,19). The lowest BCUT2D eigenvalue weighted by Crippen LogP contribution is -2.38. The number of nitrogens with one attached hydrogen (secondary N) is 2. The molecule has 1 amide bonds. The van der Waals surface area contributed by atoms with E-state index in [1.807, 2.05) is 12.1 Å². The van der Waals surface area contributed by atoms with Gasteiger partial charge in [0.2, 0.25) is 5.91 Å². The van der Waals surface area contributed by atoms with Crippen molar-refractivity contribution < 1.29 is 4.79 Å². The van der Waals surface area contributed by atoms with Crippen molar-refractivity contribution in [1.29, 1.82) is 0 Å². The zero-order chi connectivity index (χ0) is 14.8. The van der Waals surface area contributed by atoms with Gasteiger partial charge in [0.25, 0.3) is 5.56 Å². The van der Waals surface area contributed by atoms with Crippen LogP contribution in [0, 0.1) is 5.41 Å². The van der Waals surface area contributed by atoms with Gasteiger partial charge in [-0.25, -0.2) is 5.10 Å². The summed E-state index contributed by atoms with van der Waals surface area (Å²) in [6.07, 6.45) is 0. The van der Waals surface area contributed by atoms with Gasteiger partial charge in [0.15, 0.2) is 0 Å². The number of aromatic nitrogens is 2. The molecule has 106 valence electrons. The zero-order valence-corrected chi connectivity index (χ0v) is 12.1. The first-order chi connectivity index (χ1) is 9.45. The second-order valence-electron chi connectivity index (χ2n) is 5.25. The average Bonchev–Trinajstić information content (AvgIpc) is 2.46. The van der Waals surface area contributed by atoms with Crippen LogP contribution in [0.5, 0.6) is 0 Å². The van der Waals surface area contributed by atoms with Crippen molar-refractivity contribution in [2.24, 2.45) is 5.41 Å². The molecule has 0 saturated heterocycles. The number of aromatic amines is 1. The first kappa shape index (κ1) is 14.5. The summed E-state index contributed by atoms with van der Waals surface area (Å²) in [5, 5.41) is 10.5. The molecule has 0 bridgehead atoms. The molecule has 1 aromatic heterocycles. The lowest BCUT2D eigenvalue weighted by molar-refractivity contribution is -0.128. The first-order valence-corrected chi connectivity index (χ1v) is 6.80. The van der Waals surface area contributed by atoms with Gasteiger partial charge in [0.05, 0.1) is 23.0 Å². The summed E-state index contributed by atoms with van der Waals surface area (Å²) >= 11 is 5.76. The number of hydrogen-bond donors (Lipinski definition) is 2. The van der Waals surface area contributed by atoms with Gasteiger partial charge in [-0.1, -0.05) is 18.2 Å². The fourth-order valence-electron chi connectivity index (χ4n) is 1.77. The second kappa shape index (κ2) is 5.63. The molecule has 0 spiro atoms. The number of benzene rings is 1. The van der Waals surface area contributed by atoms with Crippen LogP contribution < -0.4 is 10.9 Å². The minimum absolute atomic E-state index is 0.149. The van der Waals surface area contributed by atoms with E-state index in [-0.39, 0.29) is 23.9 Å². The van der Waals surface area contributed by atoms with E-state index >= 15 is 0 Å². The van der Waals surface area contributed by atoms with Crippen LogP contribution in [0.1, 0.15) is 19.5 Å². The van der Waals surface area contributed by atoms with Gasteiger partial charge in [-0.3, -0.25) is 9.59 Å². The molecule has 1 heterocycles. The third-order valence-electron chi connectivity index (χ3n) is 3.14. The normalized spacial score (nSPS) is 11.6. The lowest BCUT2D eigenvalue weighted by atomic mass is 9.95.